The molecule has 0 aliphatic carbocycles. The fourth-order valence-electron chi connectivity index (χ4n) is 1.50. The van der Waals surface area contributed by atoms with Gasteiger partial charge in [0.05, 0.1) is 22.9 Å². The van der Waals surface area contributed by atoms with Crippen LogP contribution in [0.2, 0.25) is 0 Å². The summed E-state index contributed by atoms with van der Waals surface area (Å²) in [5, 5.41) is 3.52. The first kappa shape index (κ1) is 12.4. The molecule has 2 heterocycles. The maximum absolute atomic E-state index is 11.8. The Bertz CT molecular complexity index is 455. The molecule has 1 atom stereocenters. The van der Waals surface area contributed by atoms with E-state index < -0.39 is 0 Å². The van der Waals surface area contributed by atoms with Gasteiger partial charge in [0.25, 0.3) is 0 Å². The molecule has 1 unspecified atom stereocenters. The van der Waals surface area contributed by atoms with Crippen LogP contribution in [-0.2, 0) is 4.79 Å². The first-order valence-electron chi connectivity index (χ1n) is 5.37. The first-order valence-corrected chi connectivity index (χ1v) is 7.23. The summed E-state index contributed by atoms with van der Waals surface area (Å²) >= 11 is 3.09. The third kappa shape index (κ3) is 3.46. The molecule has 1 aliphatic rings. The van der Waals surface area contributed by atoms with E-state index >= 15 is 0 Å². The molecule has 90 valence electrons. The standard InChI is InChI=1S/C11H13N3OS2/c12-5-1-3-8-7-13-11(17-8)14-10(15)9-4-2-6-16-9/h7,9H,2,4-6,12H2,(H,13,14,15). The van der Waals surface area contributed by atoms with E-state index in [2.05, 4.69) is 22.1 Å². The summed E-state index contributed by atoms with van der Waals surface area (Å²) in [4.78, 5) is 16.8. The Balaban J connectivity index is 1.94. The molecule has 0 aromatic carbocycles. The van der Waals surface area contributed by atoms with Crippen LogP contribution in [0.4, 0.5) is 5.13 Å². The maximum atomic E-state index is 11.8. The molecule has 3 N–H and O–H groups in total. The Morgan fingerprint density at radius 1 is 1.71 bits per heavy atom. The van der Waals surface area contributed by atoms with Gasteiger partial charge in [-0.15, -0.1) is 11.8 Å². The third-order valence-corrected chi connectivity index (χ3v) is 4.48. The van der Waals surface area contributed by atoms with Gasteiger partial charge in [-0.25, -0.2) is 4.98 Å². The number of hydrogen-bond donors (Lipinski definition) is 2. The van der Waals surface area contributed by atoms with Gasteiger partial charge in [0.2, 0.25) is 5.91 Å². The van der Waals surface area contributed by atoms with Crippen LogP contribution >= 0.6 is 23.1 Å². The van der Waals surface area contributed by atoms with Crippen molar-refractivity contribution in [2.75, 3.05) is 17.6 Å². The van der Waals surface area contributed by atoms with Gasteiger partial charge in [-0.2, -0.15) is 0 Å². The summed E-state index contributed by atoms with van der Waals surface area (Å²) in [7, 11) is 0. The van der Waals surface area contributed by atoms with Crippen LogP contribution in [0.3, 0.4) is 0 Å². The number of anilines is 1. The Morgan fingerprint density at radius 2 is 2.59 bits per heavy atom. The molecule has 0 bridgehead atoms. The van der Waals surface area contributed by atoms with Gasteiger partial charge in [-0.1, -0.05) is 23.2 Å². The molecule has 1 saturated heterocycles. The van der Waals surface area contributed by atoms with Gasteiger partial charge in [0.15, 0.2) is 5.13 Å². The number of nitrogens with two attached hydrogens (primary N) is 1. The molecule has 6 heteroatoms. The van der Waals surface area contributed by atoms with Gasteiger partial charge in [0, 0.05) is 0 Å². The van der Waals surface area contributed by atoms with Crippen LogP contribution in [0.25, 0.3) is 0 Å². The Labute approximate surface area is 108 Å². The van der Waals surface area contributed by atoms with E-state index in [9.17, 15) is 4.79 Å². The normalized spacial score (nSPS) is 18.5. The zero-order valence-corrected chi connectivity index (χ0v) is 10.9. The molecule has 1 fully saturated rings. The topological polar surface area (TPSA) is 68.0 Å². The molecule has 1 aliphatic heterocycles. The molecule has 1 amide bonds. The number of carbonyl (C=O) groups excluding carboxylic acids is 1. The van der Waals surface area contributed by atoms with Gasteiger partial charge in [0.1, 0.15) is 0 Å². The number of hydrogen-bond acceptors (Lipinski definition) is 5. The quantitative estimate of drug-likeness (QED) is 0.792. The Hall–Kier alpha value is -1.03. The largest absolute Gasteiger partial charge is 0.320 e. The van der Waals surface area contributed by atoms with E-state index in [-0.39, 0.29) is 11.2 Å². The average Bonchev–Trinajstić information content (AvgIpc) is 2.97. The second-order valence-electron chi connectivity index (χ2n) is 3.53. The Morgan fingerprint density at radius 3 is 3.29 bits per heavy atom. The van der Waals surface area contributed by atoms with E-state index in [0.717, 1.165) is 23.5 Å². The van der Waals surface area contributed by atoms with Crippen molar-refractivity contribution in [1.82, 2.24) is 4.98 Å². The van der Waals surface area contributed by atoms with E-state index in [1.807, 2.05) is 0 Å². The van der Waals surface area contributed by atoms with Crippen molar-refractivity contribution in [3.05, 3.63) is 11.1 Å². The Kier molecular flexibility index (Phi) is 4.42. The number of carbonyl (C=O) groups is 1. The molecule has 0 spiro atoms. The number of nitrogens with zero attached hydrogens (tertiary/aromatic N) is 1. The molecule has 4 nitrogen and oxygen atoms in total. The summed E-state index contributed by atoms with van der Waals surface area (Å²) in [6.07, 6.45) is 3.74. The fraction of sp³-hybridized carbons (Fsp3) is 0.455. The summed E-state index contributed by atoms with van der Waals surface area (Å²) in [5.41, 5.74) is 5.28. The van der Waals surface area contributed by atoms with Gasteiger partial charge in [-0.05, 0) is 18.6 Å². The highest BCUT2D eigenvalue weighted by Crippen LogP contribution is 2.27. The van der Waals surface area contributed by atoms with Crippen LogP contribution in [0.15, 0.2) is 6.20 Å². The highest BCUT2D eigenvalue weighted by Gasteiger charge is 2.23. The molecular weight excluding hydrogens is 254 g/mol. The molecule has 0 saturated carbocycles. The van der Waals surface area contributed by atoms with Crippen LogP contribution in [0, 0.1) is 11.8 Å². The number of aromatic nitrogens is 1. The minimum Gasteiger partial charge on any atom is -0.320 e. The van der Waals surface area contributed by atoms with Crippen LogP contribution < -0.4 is 11.1 Å². The average molecular weight is 267 g/mol. The SMILES string of the molecule is NCC#Cc1cnc(NC(=O)C2CCCS2)s1. The van der Waals surface area contributed by atoms with Crippen molar-refractivity contribution < 1.29 is 4.79 Å². The van der Waals surface area contributed by atoms with Gasteiger partial charge >= 0.3 is 0 Å². The van der Waals surface area contributed by atoms with Crippen molar-refractivity contribution in [1.29, 1.82) is 0 Å². The number of thioether (sulfide) groups is 1. The molecular formula is C11H13N3OS2. The van der Waals surface area contributed by atoms with Gasteiger partial charge < -0.3 is 11.1 Å². The van der Waals surface area contributed by atoms with Crippen molar-refractivity contribution in [2.24, 2.45) is 5.73 Å². The second kappa shape index (κ2) is 6.05. The van der Waals surface area contributed by atoms with Crippen LogP contribution in [-0.4, -0.2) is 28.4 Å². The summed E-state index contributed by atoms with van der Waals surface area (Å²) < 4.78 is 0. The lowest BCUT2D eigenvalue weighted by molar-refractivity contribution is -0.115. The molecule has 0 radical (unpaired) electrons. The number of thiazole rings is 1. The molecule has 1 aromatic heterocycles. The molecule has 1 aromatic rings. The third-order valence-electron chi connectivity index (χ3n) is 2.27. The highest BCUT2D eigenvalue weighted by atomic mass is 32.2. The maximum Gasteiger partial charge on any atom is 0.239 e. The molecule has 2 rings (SSSR count). The van der Waals surface area contributed by atoms with Crippen molar-refractivity contribution >= 4 is 34.1 Å². The summed E-state index contributed by atoms with van der Waals surface area (Å²) in [5.74, 6) is 6.78. The minimum atomic E-state index is 0.0557. The fourth-order valence-corrected chi connectivity index (χ4v) is 3.35. The zero-order chi connectivity index (χ0) is 12.1. The summed E-state index contributed by atoms with van der Waals surface area (Å²) in [6.45, 7) is 0.332. The lowest BCUT2D eigenvalue weighted by atomic mass is 10.2. The number of nitrogens with one attached hydrogen (secondary N) is 1. The summed E-state index contributed by atoms with van der Waals surface area (Å²) in [6, 6.07) is 0. The van der Waals surface area contributed by atoms with Crippen molar-refractivity contribution in [2.45, 2.75) is 18.1 Å². The zero-order valence-electron chi connectivity index (χ0n) is 9.23. The minimum absolute atomic E-state index is 0.0557. The monoisotopic (exact) mass is 267 g/mol. The van der Waals surface area contributed by atoms with Crippen molar-refractivity contribution in [3.63, 3.8) is 0 Å². The van der Waals surface area contributed by atoms with E-state index in [1.165, 1.54) is 11.3 Å². The lowest BCUT2D eigenvalue weighted by Crippen LogP contribution is -2.22. The highest BCUT2D eigenvalue weighted by molar-refractivity contribution is 8.00. The van der Waals surface area contributed by atoms with Crippen LogP contribution in [0.1, 0.15) is 17.7 Å². The second-order valence-corrected chi connectivity index (χ2v) is 5.87. The first-order chi connectivity index (χ1) is 8.29. The number of rotatable bonds is 2. The van der Waals surface area contributed by atoms with Crippen molar-refractivity contribution in [3.8, 4) is 11.8 Å². The van der Waals surface area contributed by atoms with E-state index in [0.29, 0.717) is 11.7 Å². The lowest BCUT2D eigenvalue weighted by Gasteiger charge is -2.06. The van der Waals surface area contributed by atoms with E-state index in [1.54, 1.807) is 18.0 Å². The van der Waals surface area contributed by atoms with Crippen LogP contribution in [0.5, 0.6) is 0 Å². The van der Waals surface area contributed by atoms with E-state index in [4.69, 9.17) is 5.73 Å². The molecule has 17 heavy (non-hydrogen) atoms. The number of amides is 1. The smallest absolute Gasteiger partial charge is 0.239 e. The predicted molar refractivity (Wildman–Crippen MR) is 72.2 cm³/mol. The predicted octanol–water partition coefficient (Wildman–Crippen LogP) is 1.29. The van der Waals surface area contributed by atoms with Gasteiger partial charge in [-0.3, -0.25) is 4.79 Å².